The van der Waals surface area contributed by atoms with Crippen LogP contribution in [0.2, 0.25) is 0 Å². The number of imidazole rings is 2. The molecule has 6 heterocycles. The summed E-state index contributed by atoms with van der Waals surface area (Å²) in [5.74, 6) is -0.00745. The standard InChI is InChI=1S/C20H24N10O6S2/c21-19-25-13-11(23-5-29(13)17-9(33)1-7(3-31)35-17)15(27-19)37-38-16-12-14(26-20(22)28-16)30(6-24-12)18-10(34)2-8(4-32)36-18/h5-10,17-18,31-34H,1-4H2,(H2,21,25,27)(H2,22,26,28). The van der Waals surface area contributed by atoms with Crippen LogP contribution in [0.4, 0.5) is 11.9 Å². The van der Waals surface area contributed by atoms with Gasteiger partial charge in [0.15, 0.2) is 23.8 Å². The largest absolute Gasteiger partial charge is 0.394 e. The molecule has 0 aromatic carbocycles. The molecule has 16 nitrogen and oxygen atoms in total. The van der Waals surface area contributed by atoms with E-state index in [1.54, 1.807) is 9.13 Å². The molecule has 0 amide bonds. The summed E-state index contributed by atoms with van der Waals surface area (Å²) in [6.07, 6.45) is -0.727. The number of anilines is 2. The first kappa shape index (κ1) is 25.4. The third-order valence-electron chi connectivity index (χ3n) is 6.30. The van der Waals surface area contributed by atoms with Gasteiger partial charge < -0.3 is 41.4 Å². The fourth-order valence-electron chi connectivity index (χ4n) is 4.58. The number of fused-ring (bicyclic) bond motifs is 2. The lowest BCUT2D eigenvalue weighted by Crippen LogP contribution is -2.19. The van der Waals surface area contributed by atoms with Crippen molar-refractivity contribution in [2.75, 3.05) is 24.7 Å². The molecule has 202 valence electrons. The zero-order valence-electron chi connectivity index (χ0n) is 19.6. The van der Waals surface area contributed by atoms with Crippen molar-refractivity contribution in [1.29, 1.82) is 0 Å². The van der Waals surface area contributed by atoms with Gasteiger partial charge >= 0.3 is 0 Å². The van der Waals surface area contributed by atoms with Crippen LogP contribution in [-0.2, 0) is 9.47 Å². The van der Waals surface area contributed by atoms with Crippen LogP contribution in [0.5, 0.6) is 0 Å². The molecule has 2 fully saturated rings. The first-order valence-corrected chi connectivity index (χ1v) is 13.7. The van der Waals surface area contributed by atoms with E-state index in [1.807, 2.05) is 0 Å². The molecule has 4 aromatic heterocycles. The number of aromatic nitrogens is 8. The predicted molar refractivity (Wildman–Crippen MR) is 134 cm³/mol. The number of nitrogens with zero attached hydrogens (tertiary/aromatic N) is 8. The second-order valence-corrected chi connectivity index (χ2v) is 11.0. The van der Waals surface area contributed by atoms with Gasteiger partial charge in [-0.3, -0.25) is 9.13 Å². The van der Waals surface area contributed by atoms with E-state index in [2.05, 4.69) is 29.9 Å². The van der Waals surface area contributed by atoms with Crippen LogP contribution in [-0.4, -0.2) is 97.1 Å². The molecule has 6 rings (SSSR count). The van der Waals surface area contributed by atoms with Gasteiger partial charge in [0.05, 0.1) is 38.1 Å². The van der Waals surface area contributed by atoms with Gasteiger partial charge in [-0.15, -0.1) is 0 Å². The molecule has 0 aliphatic carbocycles. The number of hydrogen-bond donors (Lipinski definition) is 6. The van der Waals surface area contributed by atoms with Gasteiger partial charge in [0.25, 0.3) is 0 Å². The summed E-state index contributed by atoms with van der Waals surface area (Å²) >= 11 is 0. The topological polar surface area (TPSA) is 239 Å². The molecular formula is C20H24N10O6S2. The number of rotatable bonds is 7. The molecule has 4 aromatic rings. The predicted octanol–water partition coefficient (Wildman–Crippen LogP) is -0.789. The summed E-state index contributed by atoms with van der Waals surface area (Å²) in [5.41, 5.74) is 13.6. The van der Waals surface area contributed by atoms with E-state index in [-0.39, 0.29) is 38.0 Å². The van der Waals surface area contributed by atoms with Gasteiger partial charge in [0, 0.05) is 12.8 Å². The van der Waals surface area contributed by atoms with Crippen LogP contribution in [0, 0.1) is 0 Å². The molecule has 0 spiro atoms. The third kappa shape index (κ3) is 4.41. The number of nitrogens with two attached hydrogens (primary N) is 2. The van der Waals surface area contributed by atoms with Crippen molar-refractivity contribution in [2.45, 2.75) is 59.8 Å². The summed E-state index contributed by atoms with van der Waals surface area (Å²) in [5, 5.41) is 40.5. The van der Waals surface area contributed by atoms with E-state index in [0.717, 1.165) is 0 Å². The minimum absolute atomic E-state index is 0.00372. The lowest BCUT2D eigenvalue weighted by Gasteiger charge is -2.16. The molecule has 0 bridgehead atoms. The van der Waals surface area contributed by atoms with E-state index < -0.39 is 36.9 Å². The van der Waals surface area contributed by atoms with Crippen LogP contribution < -0.4 is 11.5 Å². The maximum Gasteiger partial charge on any atom is 0.223 e. The van der Waals surface area contributed by atoms with E-state index in [0.29, 0.717) is 32.4 Å². The molecule has 38 heavy (non-hydrogen) atoms. The average Bonchev–Trinajstić information content (AvgIpc) is 3.67. The van der Waals surface area contributed by atoms with Gasteiger partial charge in [-0.25, -0.2) is 19.9 Å². The molecule has 0 radical (unpaired) electrons. The summed E-state index contributed by atoms with van der Waals surface area (Å²) in [6.45, 7) is -0.426. The second-order valence-electron chi connectivity index (χ2n) is 8.86. The van der Waals surface area contributed by atoms with Crippen molar-refractivity contribution in [3.63, 3.8) is 0 Å². The van der Waals surface area contributed by atoms with E-state index in [1.165, 1.54) is 34.2 Å². The highest BCUT2D eigenvalue weighted by Gasteiger charge is 2.37. The number of ether oxygens (including phenoxy) is 2. The zero-order chi connectivity index (χ0) is 26.6. The highest BCUT2D eigenvalue weighted by molar-refractivity contribution is 8.76. The second kappa shape index (κ2) is 10.0. The Labute approximate surface area is 221 Å². The van der Waals surface area contributed by atoms with Crippen molar-refractivity contribution in [1.82, 2.24) is 39.0 Å². The van der Waals surface area contributed by atoms with E-state index >= 15 is 0 Å². The van der Waals surface area contributed by atoms with Gasteiger partial charge in [0.1, 0.15) is 33.3 Å². The summed E-state index contributed by atoms with van der Waals surface area (Å²) in [4.78, 5) is 26.0. The van der Waals surface area contributed by atoms with E-state index in [4.69, 9.17) is 20.9 Å². The molecule has 0 saturated carbocycles. The number of aliphatic hydroxyl groups excluding tert-OH is 4. The lowest BCUT2D eigenvalue weighted by atomic mass is 10.2. The Bertz CT molecular complexity index is 1380. The average molecular weight is 565 g/mol. The maximum absolute atomic E-state index is 10.4. The molecular weight excluding hydrogens is 540 g/mol. The Hall–Kier alpha value is -2.84. The fourth-order valence-corrected chi connectivity index (χ4v) is 6.61. The summed E-state index contributed by atoms with van der Waals surface area (Å²) in [6, 6.07) is 0. The van der Waals surface area contributed by atoms with Gasteiger partial charge in [0.2, 0.25) is 11.9 Å². The highest BCUT2D eigenvalue weighted by atomic mass is 33.1. The Kier molecular flexibility index (Phi) is 6.72. The molecule has 8 N–H and O–H groups in total. The Morgan fingerprint density at radius 2 is 1.18 bits per heavy atom. The van der Waals surface area contributed by atoms with Crippen LogP contribution in [0.1, 0.15) is 25.3 Å². The minimum atomic E-state index is -0.853. The first-order chi connectivity index (χ1) is 18.4. The number of aliphatic hydroxyl groups is 4. The van der Waals surface area contributed by atoms with Crippen molar-refractivity contribution in [3.8, 4) is 0 Å². The highest BCUT2D eigenvalue weighted by Crippen LogP contribution is 2.42. The molecule has 2 aliphatic rings. The van der Waals surface area contributed by atoms with Gasteiger partial charge in [-0.05, 0) is 21.6 Å². The number of nitrogen functional groups attached to an aromatic ring is 2. The Balaban J connectivity index is 1.30. The summed E-state index contributed by atoms with van der Waals surface area (Å²) < 4.78 is 14.6. The van der Waals surface area contributed by atoms with Gasteiger partial charge in [-0.2, -0.15) is 9.97 Å². The quantitative estimate of drug-likeness (QED) is 0.119. The van der Waals surface area contributed by atoms with Crippen LogP contribution in [0.15, 0.2) is 22.7 Å². The van der Waals surface area contributed by atoms with E-state index in [9.17, 15) is 20.4 Å². The van der Waals surface area contributed by atoms with Crippen LogP contribution in [0.25, 0.3) is 22.3 Å². The van der Waals surface area contributed by atoms with Crippen molar-refractivity contribution in [2.24, 2.45) is 0 Å². The Morgan fingerprint density at radius 1 is 0.763 bits per heavy atom. The normalized spacial score (nSPS) is 27.7. The minimum Gasteiger partial charge on any atom is -0.394 e. The summed E-state index contributed by atoms with van der Waals surface area (Å²) in [7, 11) is 2.41. The van der Waals surface area contributed by atoms with Crippen molar-refractivity contribution in [3.05, 3.63) is 12.7 Å². The lowest BCUT2D eigenvalue weighted by molar-refractivity contribution is -0.0486. The van der Waals surface area contributed by atoms with Gasteiger partial charge in [-0.1, -0.05) is 0 Å². The fraction of sp³-hybridized carbons (Fsp3) is 0.500. The molecule has 18 heteroatoms. The molecule has 2 saturated heterocycles. The van der Waals surface area contributed by atoms with Crippen LogP contribution in [0.3, 0.4) is 0 Å². The third-order valence-corrected chi connectivity index (χ3v) is 8.46. The maximum atomic E-state index is 10.4. The number of hydrogen-bond acceptors (Lipinski definition) is 16. The van der Waals surface area contributed by atoms with Crippen molar-refractivity contribution >= 4 is 55.8 Å². The SMILES string of the molecule is Nc1nc(SSc2nc(N)nc3c2ncn3C2OC(CO)CC2O)c2ncn(C3OC(CO)CC3O)c2n1. The Morgan fingerprint density at radius 3 is 1.55 bits per heavy atom. The monoisotopic (exact) mass is 564 g/mol. The smallest absolute Gasteiger partial charge is 0.223 e. The molecule has 6 atom stereocenters. The molecule has 2 aliphatic heterocycles. The molecule has 6 unspecified atom stereocenters. The van der Waals surface area contributed by atoms with Crippen molar-refractivity contribution < 1.29 is 29.9 Å². The first-order valence-electron chi connectivity index (χ1n) is 11.6. The van der Waals surface area contributed by atoms with Crippen LogP contribution >= 0.6 is 21.6 Å². The zero-order valence-corrected chi connectivity index (χ0v) is 21.2.